The number of anilines is 1. The van der Waals surface area contributed by atoms with Crippen molar-refractivity contribution >= 4 is 22.4 Å². The molecule has 0 fully saturated rings. The molecule has 0 aliphatic heterocycles. The van der Waals surface area contributed by atoms with Crippen molar-refractivity contribution in [2.75, 3.05) is 18.4 Å². The Kier molecular flexibility index (Phi) is 4.42. The van der Waals surface area contributed by atoms with E-state index in [2.05, 4.69) is 10.3 Å². The molecule has 0 amide bonds. The molecule has 0 radical (unpaired) electrons. The van der Waals surface area contributed by atoms with Gasteiger partial charge in [-0.25, -0.2) is 0 Å². The van der Waals surface area contributed by atoms with Gasteiger partial charge in [-0.1, -0.05) is 18.2 Å². The zero-order chi connectivity index (χ0) is 15.5. The summed E-state index contributed by atoms with van der Waals surface area (Å²) in [6, 6.07) is 6.70. The molecule has 2 aromatic rings. The molecule has 0 atom stereocenters. The molecule has 1 aromatic heterocycles. The summed E-state index contributed by atoms with van der Waals surface area (Å²) in [6.45, 7) is 0.779. The highest BCUT2D eigenvalue weighted by molar-refractivity contribution is 6.10. The maximum atomic E-state index is 12.7. The number of hydrogen-bond donors (Lipinski definition) is 2. The average molecular weight is 297 g/mol. The Morgan fingerprint density at radius 1 is 1.29 bits per heavy atom. The van der Waals surface area contributed by atoms with Crippen LogP contribution in [0, 0.1) is 0 Å². The fourth-order valence-corrected chi connectivity index (χ4v) is 1.97. The van der Waals surface area contributed by atoms with Gasteiger partial charge in [0.25, 0.3) is 5.78 Å². The average Bonchev–Trinajstić information content (AvgIpc) is 2.46. The van der Waals surface area contributed by atoms with E-state index in [1.165, 1.54) is 0 Å². The molecule has 0 saturated carbocycles. The summed E-state index contributed by atoms with van der Waals surface area (Å²) < 4.78 is 38.0. The van der Waals surface area contributed by atoms with Crippen LogP contribution in [0.1, 0.15) is 16.8 Å². The van der Waals surface area contributed by atoms with Crippen molar-refractivity contribution in [3.63, 3.8) is 0 Å². The van der Waals surface area contributed by atoms with E-state index in [1.54, 1.807) is 24.3 Å². The quantitative estimate of drug-likeness (QED) is 0.658. The number of halogens is 3. The zero-order valence-electron chi connectivity index (χ0n) is 11.1. The number of aromatic nitrogens is 1. The molecule has 21 heavy (non-hydrogen) atoms. The molecule has 0 aliphatic carbocycles. The van der Waals surface area contributed by atoms with Crippen LogP contribution in [0.25, 0.3) is 10.9 Å². The van der Waals surface area contributed by atoms with Crippen molar-refractivity contribution in [3.05, 3.63) is 36.0 Å². The van der Waals surface area contributed by atoms with Crippen molar-refractivity contribution in [3.8, 4) is 0 Å². The van der Waals surface area contributed by atoms with Crippen molar-refractivity contribution < 1.29 is 18.0 Å². The van der Waals surface area contributed by atoms with Gasteiger partial charge in [0.05, 0.1) is 16.8 Å². The molecule has 1 heterocycles. The molecule has 0 spiro atoms. The molecule has 4 nitrogen and oxygen atoms in total. The number of para-hydroxylation sites is 1. The predicted molar refractivity (Wildman–Crippen MR) is 74.3 cm³/mol. The number of carbonyl (C=O) groups is 1. The van der Waals surface area contributed by atoms with E-state index in [9.17, 15) is 18.0 Å². The highest BCUT2D eigenvalue weighted by Crippen LogP contribution is 2.31. The molecular weight excluding hydrogens is 283 g/mol. The molecule has 0 aliphatic rings. The second-order valence-corrected chi connectivity index (χ2v) is 4.46. The monoisotopic (exact) mass is 297 g/mol. The molecule has 0 unspecified atom stereocenters. The molecule has 7 heteroatoms. The predicted octanol–water partition coefficient (Wildman–Crippen LogP) is 2.74. The summed E-state index contributed by atoms with van der Waals surface area (Å²) in [5.41, 5.74) is 5.57. The van der Waals surface area contributed by atoms with E-state index in [4.69, 9.17) is 5.73 Å². The van der Waals surface area contributed by atoms with E-state index in [0.29, 0.717) is 30.4 Å². The van der Waals surface area contributed by atoms with Gasteiger partial charge < -0.3 is 11.1 Å². The number of nitrogens with one attached hydrogen (secondary N) is 1. The van der Waals surface area contributed by atoms with E-state index in [1.807, 2.05) is 0 Å². The number of nitrogens with two attached hydrogens (primary N) is 1. The third-order valence-electron chi connectivity index (χ3n) is 2.96. The van der Waals surface area contributed by atoms with Crippen LogP contribution in [0.15, 0.2) is 30.5 Å². The maximum absolute atomic E-state index is 12.7. The Labute approximate surface area is 119 Å². The topological polar surface area (TPSA) is 68.0 Å². The highest BCUT2D eigenvalue weighted by Gasteiger charge is 2.41. The lowest BCUT2D eigenvalue weighted by Gasteiger charge is -2.14. The van der Waals surface area contributed by atoms with Gasteiger partial charge in [-0.3, -0.25) is 9.78 Å². The minimum Gasteiger partial charge on any atom is -0.384 e. The van der Waals surface area contributed by atoms with Gasteiger partial charge in [0, 0.05) is 18.1 Å². The van der Waals surface area contributed by atoms with Gasteiger partial charge in [0.1, 0.15) is 0 Å². The minimum atomic E-state index is -4.94. The number of Topliss-reactive ketones (excluding diaryl/α,β-unsaturated/α-hetero) is 1. The number of pyridine rings is 1. The summed E-state index contributed by atoms with van der Waals surface area (Å²) in [4.78, 5) is 15.5. The normalized spacial score (nSPS) is 11.6. The van der Waals surface area contributed by atoms with E-state index in [-0.39, 0.29) is 5.69 Å². The SMILES string of the molecule is NCCCNc1c(C(=O)C(F)(F)F)cnc2ccccc12. The number of carbonyl (C=O) groups excluding carboxylic acids is 1. The molecule has 2 rings (SSSR count). The second kappa shape index (κ2) is 6.09. The van der Waals surface area contributed by atoms with Crippen LogP contribution >= 0.6 is 0 Å². The Balaban J connectivity index is 2.53. The van der Waals surface area contributed by atoms with Crippen molar-refractivity contribution in [1.29, 1.82) is 0 Å². The van der Waals surface area contributed by atoms with Crippen LogP contribution in [0.2, 0.25) is 0 Å². The second-order valence-electron chi connectivity index (χ2n) is 4.46. The van der Waals surface area contributed by atoms with Crippen molar-refractivity contribution in [1.82, 2.24) is 4.98 Å². The Morgan fingerprint density at radius 2 is 2.00 bits per heavy atom. The van der Waals surface area contributed by atoms with Crippen LogP contribution in [0.3, 0.4) is 0 Å². The molecule has 3 N–H and O–H groups in total. The summed E-state index contributed by atoms with van der Waals surface area (Å²) >= 11 is 0. The molecule has 1 aromatic carbocycles. The molecule has 0 bridgehead atoms. The van der Waals surface area contributed by atoms with Crippen LogP contribution in [-0.4, -0.2) is 30.0 Å². The number of ketones is 1. The largest absolute Gasteiger partial charge is 0.455 e. The van der Waals surface area contributed by atoms with Gasteiger partial charge >= 0.3 is 6.18 Å². The summed E-state index contributed by atoms with van der Waals surface area (Å²) in [7, 11) is 0. The van der Waals surface area contributed by atoms with E-state index in [0.717, 1.165) is 6.20 Å². The summed E-state index contributed by atoms with van der Waals surface area (Å²) in [5, 5.41) is 3.35. The van der Waals surface area contributed by atoms with Crippen LogP contribution in [0.4, 0.5) is 18.9 Å². The standard InChI is InChI=1S/C14H14F3N3O/c15-14(16,17)13(21)10-8-20-11-5-2-1-4-9(11)12(10)19-7-3-6-18/h1-2,4-5,8H,3,6-7,18H2,(H,19,20). The fourth-order valence-electron chi connectivity index (χ4n) is 1.97. The smallest absolute Gasteiger partial charge is 0.384 e. The first kappa shape index (κ1) is 15.2. The third-order valence-corrected chi connectivity index (χ3v) is 2.96. The molecular formula is C14H14F3N3O. The van der Waals surface area contributed by atoms with E-state index >= 15 is 0 Å². The van der Waals surface area contributed by atoms with Crippen molar-refractivity contribution in [2.45, 2.75) is 12.6 Å². The number of fused-ring (bicyclic) bond motifs is 1. The zero-order valence-corrected chi connectivity index (χ0v) is 11.1. The first-order valence-electron chi connectivity index (χ1n) is 6.38. The number of hydrogen-bond acceptors (Lipinski definition) is 4. The van der Waals surface area contributed by atoms with Gasteiger partial charge in [-0.2, -0.15) is 13.2 Å². The Hall–Kier alpha value is -2.15. The van der Waals surface area contributed by atoms with Gasteiger partial charge in [0.15, 0.2) is 0 Å². The first-order valence-corrected chi connectivity index (χ1v) is 6.38. The molecule has 0 saturated heterocycles. The Bertz CT molecular complexity index is 655. The first-order chi connectivity index (χ1) is 9.95. The summed E-state index contributed by atoms with van der Waals surface area (Å²) in [5.74, 6) is -1.91. The van der Waals surface area contributed by atoms with Gasteiger partial charge in [-0.05, 0) is 19.0 Å². The lowest BCUT2D eigenvalue weighted by Crippen LogP contribution is -2.24. The fraction of sp³-hybridized carbons (Fsp3) is 0.286. The molecule has 112 valence electrons. The number of alkyl halides is 3. The lowest BCUT2D eigenvalue weighted by molar-refractivity contribution is -0.0884. The maximum Gasteiger partial charge on any atom is 0.455 e. The van der Waals surface area contributed by atoms with Gasteiger partial charge in [-0.15, -0.1) is 0 Å². The highest BCUT2D eigenvalue weighted by atomic mass is 19.4. The number of nitrogens with zero attached hydrogens (tertiary/aromatic N) is 1. The van der Waals surface area contributed by atoms with Crippen molar-refractivity contribution in [2.24, 2.45) is 5.73 Å². The van der Waals surface area contributed by atoms with Crippen LogP contribution < -0.4 is 11.1 Å². The van der Waals surface area contributed by atoms with Crippen LogP contribution in [-0.2, 0) is 0 Å². The minimum absolute atomic E-state index is 0.149. The van der Waals surface area contributed by atoms with Gasteiger partial charge in [0.2, 0.25) is 0 Å². The van der Waals surface area contributed by atoms with E-state index < -0.39 is 17.5 Å². The lowest BCUT2D eigenvalue weighted by atomic mass is 10.1. The number of benzene rings is 1. The van der Waals surface area contributed by atoms with Crippen LogP contribution in [0.5, 0.6) is 0 Å². The third kappa shape index (κ3) is 3.30. The number of rotatable bonds is 5. The Morgan fingerprint density at radius 3 is 2.67 bits per heavy atom. The summed E-state index contributed by atoms with van der Waals surface area (Å²) in [6.07, 6.45) is -3.40.